The van der Waals surface area contributed by atoms with E-state index in [0.29, 0.717) is 17.5 Å². The van der Waals surface area contributed by atoms with Crippen molar-refractivity contribution in [2.24, 2.45) is 0 Å². The van der Waals surface area contributed by atoms with Crippen molar-refractivity contribution in [1.82, 2.24) is 19.5 Å². The van der Waals surface area contributed by atoms with Crippen LogP contribution in [0, 0.1) is 0 Å². The van der Waals surface area contributed by atoms with Crippen molar-refractivity contribution in [3.8, 4) is 51.0 Å². The molecule has 0 aliphatic rings. The first kappa shape index (κ1) is 31.6. The van der Waals surface area contributed by atoms with Crippen molar-refractivity contribution in [3.63, 3.8) is 0 Å². The summed E-state index contributed by atoms with van der Waals surface area (Å²) in [4.78, 5) is 15.2. The van der Waals surface area contributed by atoms with Crippen molar-refractivity contribution in [1.29, 1.82) is 0 Å². The van der Waals surface area contributed by atoms with Gasteiger partial charge in [0.25, 0.3) is 0 Å². The van der Waals surface area contributed by atoms with Crippen LogP contribution in [0.15, 0.2) is 194 Å². The topological polar surface area (TPSA) is 43.6 Å². The van der Waals surface area contributed by atoms with Gasteiger partial charge in [0.15, 0.2) is 17.5 Å². The molecule has 12 rings (SSSR count). The van der Waals surface area contributed by atoms with Gasteiger partial charge in [-0.25, -0.2) is 15.0 Å². The molecule has 4 heteroatoms. The van der Waals surface area contributed by atoms with Crippen LogP contribution in [0.1, 0.15) is 0 Å². The molecule has 0 radical (unpaired) electrons. The van der Waals surface area contributed by atoms with Crippen LogP contribution in [0.2, 0.25) is 0 Å². The minimum Gasteiger partial charge on any atom is -0.309 e. The molecule has 0 aliphatic carbocycles. The first-order valence-corrected chi connectivity index (χ1v) is 19.4. The summed E-state index contributed by atoms with van der Waals surface area (Å²) >= 11 is 0. The quantitative estimate of drug-likeness (QED) is 0.166. The Hall–Kier alpha value is -7.69. The zero-order valence-corrected chi connectivity index (χ0v) is 30.8. The molecule has 0 amide bonds. The van der Waals surface area contributed by atoms with Gasteiger partial charge in [0.05, 0.1) is 11.0 Å². The number of nitrogens with zero attached hydrogens (tertiary/aromatic N) is 4. The predicted molar refractivity (Wildman–Crippen MR) is 237 cm³/mol. The molecule has 0 saturated heterocycles. The summed E-state index contributed by atoms with van der Waals surface area (Å²) in [5, 5.41) is 12.5. The molecular weight excluding hydrogens is 693 g/mol. The Balaban J connectivity index is 1.15. The van der Waals surface area contributed by atoms with Crippen LogP contribution >= 0.6 is 0 Å². The summed E-state index contributed by atoms with van der Waals surface area (Å²) in [5.41, 5.74) is 8.74. The van der Waals surface area contributed by atoms with Gasteiger partial charge >= 0.3 is 0 Å². The molecule has 0 bridgehead atoms. The van der Waals surface area contributed by atoms with Gasteiger partial charge < -0.3 is 4.57 Å². The highest BCUT2D eigenvalue weighted by molar-refractivity contribution is 6.38. The maximum absolute atomic E-state index is 5.12. The molecule has 2 aromatic heterocycles. The summed E-state index contributed by atoms with van der Waals surface area (Å²) < 4.78 is 2.45. The molecule has 12 aromatic rings. The Labute approximate surface area is 328 Å². The van der Waals surface area contributed by atoms with Gasteiger partial charge in [-0.2, -0.15) is 0 Å². The van der Waals surface area contributed by atoms with Crippen LogP contribution in [0.5, 0.6) is 0 Å². The predicted octanol–water partition coefficient (Wildman–Crippen LogP) is 13.7. The number of rotatable bonds is 5. The zero-order valence-electron chi connectivity index (χ0n) is 30.8. The SMILES string of the molecule is c1ccc(-c2nc(-c3ccccc3)nc(-c3ccc(-c4cc5c6ccc7ccccc7c6c6cccc7c6c5c(c4)n7-c4ccccc4)c4ccccc34)n2)cc1. The van der Waals surface area contributed by atoms with E-state index in [4.69, 9.17) is 15.0 Å². The van der Waals surface area contributed by atoms with E-state index < -0.39 is 0 Å². The minimum atomic E-state index is 0.647. The highest BCUT2D eigenvalue weighted by atomic mass is 15.0. The van der Waals surface area contributed by atoms with Gasteiger partial charge in [0.2, 0.25) is 0 Å². The van der Waals surface area contributed by atoms with Crippen molar-refractivity contribution in [2.75, 3.05) is 0 Å². The highest BCUT2D eigenvalue weighted by Gasteiger charge is 2.23. The molecule has 0 aliphatic heterocycles. The molecule has 10 aromatic carbocycles. The first-order chi connectivity index (χ1) is 28.3. The van der Waals surface area contributed by atoms with E-state index >= 15 is 0 Å². The fourth-order valence-corrected chi connectivity index (χ4v) is 9.08. The molecule has 4 nitrogen and oxygen atoms in total. The minimum absolute atomic E-state index is 0.647. The van der Waals surface area contributed by atoms with Crippen molar-refractivity contribution in [2.45, 2.75) is 0 Å². The van der Waals surface area contributed by atoms with Crippen molar-refractivity contribution in [3.05, 3.63) is 194 Å². The standard InChI is InChI=1S/C53H32N4/c1-4-16-34(17-5-1)51-54-52(35-18-6-2-7-19-35)56-53(55-51)43-30-29-38(40-23-12-13-24-41(40)43)36-31-45-42-28-27-33-15-10-11-22-39(33)48(42)44-25-14-26-46-49(44)50(45)47(32-36)57(46)37-20-8-3-9-21-37/h1-32H. The number of benzene rings is 10. The van der Waals surface area contributed by atoms with Crippen LogP contribution in [0.4, 0.5) is 0 Å². The Morgan fingerprint density at radius 1 is 0.298 bits per heavy atom. The summed E-state index contributed by atoms with van der Waals surface area (Å²) in [6.07, 6.45) is 0. The third-order valence-corrected chi connectivity index (χ3v) is 11.6. The van der Waals surface area contributed by atoms with E-state index in [1.54, 1.807) is 0 Å². The van der Waals surface area contributed by atoms with E-state index in [9.17, 15) is 0 Å². The Bertz CT molecular complexity index is 3440. The van der Waals surface area contributed by atoms with Crippen LogP contribution in [-0.4, -0.2) is 19.5 Å². The number of hydrogen-bond acceptors (Lipinski definition) is 3. The largest absolute Gasteiger partial charge is 0.309 e. The lowest BCUT2D eigenvalue weighted by molar-refractivity contribution is 1.08. The fourth-order valence-electron chi connectivity index (χ4n) is 9.08. The van der Waals surface area contributed by atoms with E-state index in [2.05, 4.69) is 162 Å². The summed E-state index contributed by atoms with van der Waals surface area (Å²) in [6, 6.07) is 69.2. The lowest BCUT2D eigenvalue weighted by Crippen LogP contribution is -2.00. The summed E-state index contributed by atoms with van der Waals surface area (Å²) in [7, 11) is 0. The van der Waals surface area contributed by atoms with Crippen LogP contribution in [-0.2, 0) is 0 Å². The first-order valence-electron chi connectivity index (χ1n) is 19.4. The molecule has 0 N–H and O–H groups in total. The van der Waals surface area contributed by atoms with E-state index in [1.165, 1.54) is 54.1 Å². The normalized spacial score (nSPS) is 11.9. The second-order valence-electron chi connectivity index (χ2n) is 14.7. The third kappa shape index (κ3) is 4.84. The molecule has 57 heavy (non-hydrogen) atoms. The Kier molecular flexibility index (Phi) is 6.89. The molecule has 0 atom stereocenters. The van der Waals surface area contributed by atoms with Crippen molar-refractivity contribution >= 4 is 64.9 Å². The van der Waals surface area contributed by atoms with Gasteiger partial charge in [-0.05, 0) is 90.6 Å². The maximum Gasteiger partial charge on any atom is 0.164 e. The van der Waals surface area contributed by atoms with Crippen LogP contribution in [0.3, 0.4) is 0 Å². The number of para-hydroxylation sites is 1. The fraction of sp³-hybridized carbons (Fsp3) is 0. The molecule has 0 fully saturated rings. The van der Waals surface area contributed by atoms with Gasteiger partial charge in [-0.3, -0.25) is 0 Å². The lowest BCUT2D eigenvalue weighted by atomic mass is 9.88. The number of fused-ring (bicyclic) bond motifs is 6. The summed E-state index contributed by atoms with van der Waals surface area (Å²) in [5.74, 6) is 1.95. The number of aromatic nitrogens is 4. The molecule has 2 heterocycles. The van der Waals surface area contributed by atoms with Gasteiger partial charge in [0.1, 0.15) is 0 Å². The lowest BCUT2D eigenvalue weighted by Gasteiger charge is -2.15. The zero-order chi connectivity index (χ0) is 37.5. The monoisotopic (exact) mass is 724 g/mol. The Morgan fingerprint density at radius 3 is 1.58 bits per heavy atom. The van der Waals surface area contributed by atoms with Gasteiger partial charge in [0, 0.05) is 33.2 Å². The third-order valence-electron chi connectivity index (χ3n) is 11.6. The van der Waals surface area contributed by atoms with Crippen LogP contribution in [0.25, 0.3) is 116 Å². The molecule has 0 spiro atoms. The van der Waals surface area contributed by atoms with E-state index in [1.807, 2.05) is 36.4 Å². The molecule has 264 valence electrons. The average molecular weight is 725 g/mol. The molecule has 0 unspecified atom stereocenters. The van der Waals surface area contributed by atoms with E-state index in [-0.39, 0.29) is 0 Å². The number of hydrogen-bond donors (Lipinski definition) is 0. The second kappa shape index (κ2) is 12.4. The molecular formula is C53H32N4. The highest BCUT2D eigenvalue weighted by Crippen LogP contribution is 2.48. The second-order valence-corrected chi connectivity index (χ2v) is 14.7. The van der Waals surface area contributed by atoms with Crippen molar-refractivity contribution < 1.29 is 0 Å². The molecule has 0 saturated carbocycles. The Morgan fingerprint density at radius 2 is 0.860 bits per heavy atom. The smallest absolute Gasteiger partial charge is 0.164 e. The van der Waals surface area contributed by atoms with Crippen LogP contribution < -0.4 is 0 Å². The summed E-state index contributed by atoms with van der Waals surface area (Å²) in [6.45, 7) is 0. The van der Waals surface area contributed by atoms with Gasteiger partial charge in [-0.15, -0.1) is 0 Å². The average Bonchev–Trinajstić information content (AvgIpc) is 3.63. The van der Waals surface area contributed by atoms with E-state index in [0.717, 1.165) is 44.3 Å². The maximum atomic E-state index is 5.12. The van der Waals surface area contributed by atoms with Gasteiger partial charge in [-0.1, -0.05) is 158 Å².